The number of ketones is 2. The highest BCUT2D eigenvalue weighted by Crippen LogP contribution is 2.45. The zero-order valence-electron chi connectivity index (χ0n) is 78.5. The quantitative estimate of drug-likeness (QED) is 0.0323. The molecule has 1 aliphatic rings. The lowest BCUT2D eigenvalue weighted by Gasteiger charge is -2.30. The number of carbonyl (C=O) groups excluding carboxylic acids is 6. The van der Waals surface area contributed by atoms with E-state index in [4.69, 9.17) is 44.6 Å². The minimum atomic E-state index is -0.641. The Bertz CT molecular complexity index is 5380. The number of benzene rings is 11. The molecule has 0 saturated carbocycles. The summed E-state index contributed by atoms with van der Waals surface area (Å²) < 4.78 is 41.1. The van der Waals surface area contributed by atoms with Crippen LogP contribution in [0, 0.1) is 11.8 Å². The van der Waals surface area contributed by atoms with Gasteiger partial charge in [0.25, 0.3) is 0 Å². The third-order valence-electron chi connectivity index (χ3n) is 22.3. The molecule has 4 amide bonds. The number of nitrogens with zero attached hydrogens (tertiary/aromatic N) is 3. The second-order valence-electron chi connectivity index (χ2n) is 36.6. The Morgan fingerprint density at radius 1 is 0.388 bits per heavy atom. The Hall–Kier alpha value is -11.6. The summed E-state index contributed by atoms with van der Waals surface area (Å²) in [5, 5.41) is 9.51. The van der Waals surface area contributed by atoms with Gasteiger partial charge in [-0.2, -0.15) is 0 Å². The summed E-state index contributed by atoms with van der Waals surface area (Å²) in [5.74, 6) is 0.792. The van der Waals surface area contributed by atoms with E-state index in [9.17, 15) is 28.8 Å². The van der Waals surface area contributed by atoms with Crippen molar-refractivity contribution >= 4 is 67.7 Å². The van der Waals surface area contributed by atoms with Crippen LogP contribution in [0.15, 0.2) is 249 Å². The van der Waals surface area contributed by atoms with E-state index in [1.807, 2.05) is 270 Å². The molecule has 0 aromatic heterocycles. The Morgan fingerprint density at radius 2 is 0.705 bits per heavy atom. The van der Waals surface area contributed by atoms with Crippen LogP contribution in [0.2, 0.25) is 0 Å². The average molecular weight is 1750 g/mol. The van der Waals surface area contributed by atoms with Gasteiger partial charge in [0.2, 0.25) is 17.7 Å². The molecule has 0 saturated heterocycles. The molecule has 0 heterocycles. The molecule has 6 atom stereocenters. The summed E-state index contributed by atoms with van der Waals surface area (Å²) in [7, 11) is 0. The number of hydrogen-bond acceptors (Lipinski definition) is 15. The minimum Gasteiger partial charge on any atom is -0.488 e. The first-order chi connectivity index (χ1) is 61.7. The van der Waals surface area contributed by atoms with Crippen molar-refractivity contribution in [1.82, 2.24) is 20.0 Å². The van der Waals surface area contributed by atoms with Gasteiger partial charge in [-0.05, 0) is 254 Å². The van der Waals surface area contributed by atoms with Crippen LogP contribution in [0.4, 0.5) is 4.79 Å². The second-order valence-corrected chi connectivity index (χ2v) is 36.6. The SMILES string of the molecule is CCOC(C)CN(Cc1cccc2ccccc12)C(=O)[C@@H](CC(=O)CCN)Cc1ccc(OC(C)(C)C)cc1.CCOC(C)CN(Cc1cccc2ccccc12)C(=O)[C@@H](CC(=O)CCNC(=O)OCC1c2ccccc2-c2ccccc21)Cc1ccc(OC(C)(C)C)cc1.CCOC(C)CN(Cc1cccc2ccccc12)C(=O)[C@@H](N)Cc1ccc(OC(C)(C)C)cc1. The Labute approximate surface area is 764 Å². The van der Waals surface area contributed by atoms with Gasteiger partial charge in [-0.15, -0.1) is 0 Å². The summed E-state index contributed by atoms with van der Waals surface area (Å²) in [5.41, 5.74) is 21.9. The van der Waals surface area contributed by atoms with Gasteiger partial charge in [0.1, 0.15) is 52.2 Å². The van der Waals surface area contributed by atoms with Crippen LogP contribution >= 0.6 is 0 Å². The third kappa shape index (κ3) is 31.1. The van der Waals surface area contributed by atoms with Crippen LogP contribution in [0.5, 0.6) is 17.2 Å². The molecule has 19 heteroatoms. The van der Waals surface area contributed by atoms with E-state index in [0.29, 0.717) is 78.4 Å². The van der Waals surface area contributed by atoms with Crippen LogP contribution in [0.25, 0.3) is 43.4 Å². The van der Waals surface area contributed by atoms with Crippen LogP contribution in [0.3, 0.4) is 0 Å². The maximum absolute atomic E-state index is 14.7. The number of Topliss-reactive ketones (excluding diaryl/α,β-unsaturated/α-hetero) is 2. The van der Waals surface area contributed by atoms with E-state index in [1.165, 1.54) is 0 Å². The van der Waals surface area contributed by atoms with Gasteiger partial charge in [-0.25, -0.2) is 4.79 Å². The van der Waals surface area contributed by atoms with Crippen molar-refractivity contribution in [1.29, 1.82) is 0 Å². The molecule has 19 nitrogen and oxygen atoms in total. The molecule has 12 rings (SSSR count). The smallest absolute Gasteiger partial charge is 0.407 e. The second kappa shape index (κ2) is 48.2. The van der Waals surface area contributed by atoms with Crippen molar-refractivity contribution in [2.45, 2.75) is 216 Å². The fourth-order valence-electron chi connectivity index (χ4n) is 16.7. The molecule has 1 aliphatic carbocycles. The van der Waals surface area contributed by atoms with Crippen LogP contribution in [-0.2, 0) is 81.8 Å². The normalized spacial score (nSPS) is 13.3. The van der Waals surface area contributed by atoms with E-state index < -0.39 is 24.0 Å². The Morgan fingerprint density at radius 3 is 1.05 bits per heavy atom. The summed E-state index contributed by atoms with van der Waals surface area (Å²) >= 11 is 0. The van der Waals surface area contributed by atoms with Crippen molar-refractivity contribution < 1.29 is 61.9 Å². The molecule has 0 radical (unpaired) electrons. The topological polar surface area (TPSA) is 241 Å². The molecular weight excluding hydrogens is 1610 g/mol. The number of nitrogens with one attached hydrogen (secondary N) is 1. The number of alkyl carbamates (subject to hydrolysis) is 1. The number of rotatable bonds is 41. The van der Waals surface area contributed by atoms with Crippen molar-refractivity contribution in [3.05, 3.63) is 293 Å². The van der Waals surface area contributed by atoms with Crippen molar-refractivity contribution in [3.63, 3.8) is 0 Å². The molecular formula is C110H136N6O13. The van der Waals surface area contributed by atoms with Crippen molar-refractivity contribution in [2.75, 3.05) is 59.2 Å². The lowest BCUT2D eigenvalue weighted by atomic mass is 9.91. The molecule has 3 unspecified atom stereocenters. The molecule has 0 spiro atoms. The number of amides is 4. The Kier molecular flexibility index (Phi) is 37.2. The monoisotopic (exact) mass is 1750 g/mol. The molecule has 0 bridgehead atoms. The van der Waals surface area contributed by atoms with E-state index in [0.717, 1.165) is 105 Å². The van der Waals surface area contributed by atoms with Gasteiger partial charge >= 0.3 is 6.09 Å². The molecule has 11 aromatic rings. The van der Waals surface area contributed by atoms with Gasteiger partial charge in [-0.3, -0.25) is 24.0 Å². The number of nitrogens with two attached hydrogens (primary N) is 2. The van der Waals surface area contributed by atoms with E-state index >= 15 is 0 Å². The summed E-state index contributed by atoms with van der Waals surface area (Å²) in [6, 6.07) is 82.2. The molecule has 0 fully saturated rings. The molecule has 5 N–H and O–H groups in total. The van der Waals surface area contributed by atoms with E-state index in [2.05, 4.69) is 102 Å². The number of fused-ring (bicyclic) bond motifs is 6. The predicted octanol–water partition coefficient (Wildman–Crippen LogP) is 20.8. The maximum atomic E-state index is 14.7. The first-order valence-corrected chi connectivity index (χ1v) is 45.8. The molecule has 11 aromatic carbocycles. The average Bonchev–Trinajstić information content (AvgIpc) is 1.10. The number of hydrogen-bond donors (Lipinski definition) is 3. The lowest BCUT2D eigenvalue weighted by molar-refractivity contribution is -0.140. The van der Waals surface area contributed by atoms with Gasteiger partial charge in [0.05, 0.1) is 24.4 Å². The van der Waals surface area contributed by atoms with Gasteiger partial charge in [0.15, 0.2) is 0 Å². The predicted molar refractivity (Wildman–Crippen MR) is 519 cm³/mol. The maximum Gasteiger partial charge on any atom is 0.407 e. The van der Waals surface area contributed by atoms with E-state index in [-0.39, 0.29) is 116 Å². The molecule has 0 aliphatic heterocycles. The highest BCUT2D eigenvalue weighted by atomic mass is 16.5. The Balaban J connectivity index is 0.000000210. The van der Waals surface area contributed by atoms with E-state index in [1.54, 1.807) is 0 Å². The van der Waals surface area contributed by atoms with Crippen LogP contribution in [-0.4, -0.2) is 150 Å². The van der Waals surface area contributed by atoms with Crippen molar-refractivity contribution in [2.24, 2.45) is 23.3 Å². The zero-order chi connectivity index (χ0) is 92.8. The highest BCUT2D eigenvalue weighted by Gasteiger charge is 2.34. The van der Waals surface area contributed by atoms with Gasteiger partial charge in [0, 0.05) is 109 Å². The number of carbonyl (C=O) groups is 6. The lowest BCUT2D eigenvalue weighted by Crippen LogP contribution is -2.47. The number of ether oxygens (including phenoxy) is 7. The third-order valence-corrected chi connectivity index (χ3v) is 22.3. The van der Waals surface area contributed by atoms with Crippen LogP contribution in [0.1, 0.15) is 180 Å². The summed E-state index contributed by atoms with van der Waals surface area (Å²) in [6.07, 6.45) is 0.825. The van der Waals surface area contributed by atoms with Gasteiger partial charge < -0.3 is 64.6 Å². The van der Waals surface area contributed by atoms with Crippen molar-refractivity contribution in [3.8, 4) is 28.4 Å². The molecule has 129 heavy (non-hydrogen) atoms. The van der Waals surface area contributed by atoms with Crippen LogP contribution < -0.4 is 31.0 Å². The standard InChI is InChI=1S/C48H54N2O6.C33H44N2O4.C29H38N2O3/c1-6-54-33(2)30-50(31-36-16-13-15-35-14-7-8-17-40(35)36)46(52)37(28-34-22-24-39(25-23-34)56-48(3,4)5)29-38(51)26-27-49-47(53)55-32-45-43-20-11-9-18-41(43)42-19-10-12-21-44(42)45;1-6-38-24(2)22-35(23-27-12-9-11-26-10-7-8-13-31(26)27)32(37)28(21-29(36)18-19-34)20-25-14-16-30(17-15-25)39-33(3,4)5;1-6-33-21(2)19-31(20-24-12-9-11-23-10-7-8-13-26(23)24)28(32)27(30)18-22-14-16-25(17-15-22)34-29(3,4)5/h7-25,33,37,45H,6,26-32H2,1-5H3,(H,49,53);7-17,24,28H,6,18-23,34H2,1-5H3;7-17,21,27H,6,18-20,30H2,1-5H3/t33?,37-;24?,28-;21?,27-/m110/s1. The fraction of sp³-hybridized carbons (Fsp3) is 0.400. The molecule has 684 valence electrons. The first kappa shape index (κ1) is 99.6. The van der Waals surface area contributed by atoms with Gasteiger partial charge in [-0.1, -0.05) is 212 Å². The highest BCUT2D eigenvalue weighted by molar-refractivity contribution is 5.92. The zero-order valence-corrected chi connectivity index (χ0v) is 78.5. The fourth-order valence-corrected chi connectivity index (χ4v) is 16.7. The first-order valence-electron chi connectivity index (χ1n) is 45.8. The summed E-state index contributed by atoms with van der Waals surface area (Å²) in [6.45, 7) is 34.8. The summed E-state index contributed by atoms with van der Waals surface area (Å²) in [4.78, 5) is 87.2. The largest absolute Gasteiger partial charge is 0.488 e. The minimum absolute atomic E-state index is 0.00602.